The number of rotatable bonds is 2. The predicted molar refractivity (Wildman–Crippen MR) is 45.9 cm³/mol. The van der Waals surface area contributed by atoms with Crippen molar-refractivity contribution in [2.24, 2.45) is 0 Å². The summed E-state index contributed by atoms with van der Waals surface area (Å²) in [6, 6.07) is 0. The molecule has 0 amide bonds. The van der Waals surface area contributed by atoms with E-state index in [1.807, 2.05) is 27.5 Å². The van der Waals surface area contributed by atoms with Crippen LogP contribution in [0.25, 0.3) is 0 Å². The Morgan fingerprint density at radius 3 is 1.89 bits per heavy atom. The van der Waals surface area contributed by atoms with Crippen molar-refractivity contribution in [3.05, 3.63) is 10.2 Å². The van der Waals surface area contributed by atoms with Gasteiger partial charge in [-0.3, -0.25) is 0 Å². The van der Waals surface area contributed by atoms with Crippen molar-refractivity contribution in [1.82, 2.24) is 0 Å². The molecule has 0 spiro atoms. The van der Waals surface area contributed by atoms with Crippen molar-refractivity contribution in [2.45, 2.75) is 27.5 Å². The summed E-state index contributed by atoms with van der Waals surface area (Å²) in [5.41, 5.74) is 1.17. The zero-order chi connectivity index (χ0) is 7.44. The molecule has 0 rings (SSSR count). The quantitative estimate of drug-likeness (QED) is 0.481. The van der Waals surface area contributed by atoms with Crippen molar-refractivity contribution < 1.29 is 4.65 Å². The smallest absolute Gasteiger partial charge is 0.352 e. The van der Waals surface area contributed by atoms with Crippen LogP contribution in [0, 0.1) is 0 Å². The molecule has 0 aliphatic rings. The molecule has 0 aromatic carbocycles. The fourth-order valence-corrected chi connectivity index (χ4v) is 0.699. The zero-order valence-corrected chi connectivity index (χ0v) is 7.95. The fraction of sp³-hybridized carbons (Fsp3) is 0.667. The van der Waals surface area contributed by atoms with Gasteiger partial charge in [0, 0.05) is 0 Å². The second-order valence-corrected chi connectivity index (χ2v) is 3.16. The first kappa shape index (κ1) is 9.08. The van der Waals surface area contributed by atoms with Crippen LogP contribution >= 0.6 is 15.9 Å². The van der Waals surface area contributed by atoms with Gasteiger partial charge in [0.05, 0.1) is 0 Å². The molecule has 0 bridgehead atoms. The van der Waals surface area contributed by atoms with Gasteiger partial charge in [-0.15, -0.1) is 0 Å². The number of hydrogen-bond acceptors (Lipinski definition) is 1. The molecule has 0 aromatic heterocycles. The van der Waals surface area contributed by atoms with Crippen LogP contribution in [0.2, 0.25) is 13.6 Å². The van der Waals surface area contributed by atoms with Gasteiger partial charge in [0.2, 0.25) is 0 Å². The van der Waals surface area contributed by atoms with E-state index in [9.17, 15) is 0 Å². The third kappa shape index (κ3) is 4.58. The van der Waals surface area contributed by atoms with Crippen molar-refractivity contribution in [3.63, 3.8) is 0 Å². The molecule has 1 nitrogen and oxygen atoms in total. The Hall–Kier alpha value is 0.0849. The summed E-state index contributed by atoms with van der Waals surface area (Å²) in [5.74, 6) is 0. The highest BCUT2D eigenvalue weighted by Gasteiger charge is 2.01. The number of allylic oxidation sites excluding steroid dienone is 1. The van der Waals surface area contributed by atoms with Gasteiger partial charge in [-0.05, 0) is 49.0 Å². The van der Waals surface area contributed by atoms with Gasteiger partial charge in [0.1, 0.15) is 4.67 Å². The van der Waals surface area contributed by atoms with Crippen LogP contribution in [-0.2, 0) is 4.65 Å². The standard InChI is InChI=1S/C6H12BBrO/c1-5(2)6(8)9-7(3)4/h1-4H3. The Kier molecular flexibility index (Phi) is 4.03. The SMILES string of the molecule is CB(C)OC(Br)=C(C)C. The topological polar surface area (TPSA) is 9.23 Å². The Labute approximate surface area is 65.7 Å². The molecule has 0 aliphatic carbocycles. The molecule has 9 heavy (non-hydrogen) atoms. The first-order valence-electron chi connectivity index (χ1n) is 3.03. The highest BCUT2D eigenvalue weighted by molar-refractivity contribution is 9.11. The summed E-state index contributed by atoms with van der Waals surface area (Å²) >= 11 is 3.30. The lowest BCUT2D eigenvalue weighted by Gasteiger charge is -2.06. The van der Waals surface area contributed by atoms with E-state index in [0.717, 1.165) is 4.67 Å². The second-order valence-electron chi connectivity index (χ2n) is 2.44. The van der Waals surface area contributed by atoms with Crippen molar-refractivity contribution in [3.8, 4) is 0 Å². The molecular weight excluding hydrogens is 179 g/mol. The summed E-state index contributed by atoms with van der Waals surface area (Å²) in [4.78, 5) is 0. The molecule has 0 aromatic rings. The van der Waals surface area contributed by atoms with E-state index in [1.54, 1.807) is 0 Å². The van der Waals surface area contributed by atoms with E-state index < -0.39 is 0 Å². The molecule has 0 radical (unpaired) electrons. The monoisotopic (exact) mass is 190 g/mol. The maximum atomic E-state index is 5.31. The minimum atomic E-state index is 0.259. The van der Waals surface area contributed by atoms with Crippen LogP contribution in [0.4, 0.5) is 0 Å². The summed E-state index contributed by atoms with van der Waals surface area (Å²) in [7, 11) is 0. The summed E-state index contributed by atoms with van der Waals surface area (Å²) in [6.45, 7) is 8.28. The van der Waals surface area contributed by atoms with Crippen molar-refractivity contribution >= 4 is 22.8 Å². The van der Waals surface area contributed by atoms with Crippen LogP contribution in [-0.4, -0.2) is 6.92 Å². The molecule has 0 atom stereocenters. The summed E-state index contributed by atoms with van der Waals surface area (Å²) < 4.78 is 6.17. The van der Waals surface area contributed by atoms with Gasteiger partial charge in [0.25, 0.3) is 0 Å². The van der Waals surface area contributed by atoms with E-state index >= 15 is 0 Å². The normalized spacial score (nSPS) is 8.56. The molecule has 0 saturated heterocycles. The lowest BCUT2D eigenvalue weighted by molar-refractivity contribution is 0.482. The highest BCUT2D eigenvalue weighted by Crippen LogP contribution is 2.13. The Morgan fingerprint density at radius 2 is 1.78 bits per heavy atom. The number of halogens is 1. The Bertz CT molecular complexity index is 116. The van der Waals surface area contributed by atoms with Crippen LogP contribution in [0.1, 0.15) is 13.8 Å². The summed E-state index contributed by atoms with van der Waals surface area (Å²) in [5, 5.41) is 0. The van der Waals surface area contributed by atoms with Crippen LogP contribution in [0.3, 0.4) is 0 Å². The van der Waals surface area contributed by atoms with Gasteiger partial charge in [-0.1, -0.05) is 0 Å². The minimum Gasteiger partial charge on any atom is -0.557 e. The largest absolute Gasteiger partial charge is 0.557 e. The molecule has 52 valence electrons. The first-order valence-corrected chi connectivity index (χ1v) is 3.83. The third-order valence-electron chi connectivity index (χ3n) is 0.732. The molecule has 0 saturated carbocycles. The Balaban J connectivity index is 3.77. The molecule has 0 aliphatic heterocycles. The zero-order valence-electron chi connectivity index (χ0n) is 6.36. The van der Waals surface area contributed by atoms with Crippen LogP contribution in [0.15, 0.2) is 10.2 Å². The number of hydrogen-bond donors (Lipinski definition) is 0. The molecule has 0 unspecified atom stereocenters. The molecule has 0 heterocycles. The van der Waals surface area contributed by atoms with Crippen molar-refractivity contribution in [2.75, 3.05) is 0 Å². The van der Waals surface area contributed by atoms with Crippen LogP contribution in [0.5, 0.6) is 0 Å². The van der Waals surface area contributed by atoms with Crippen molar-refractivity contribution in [1.29, 1.82) is 0 Å². The summed E-state index contributed by atoms with van der Waals surface area (Å²) in [6.07, 6.45) is 0. The average molecular weight is 191 g/mol. The van der Waals surface area contributed by atoms with E-state index in [2.05, 4.69) is 15.9 Å². The van der Waals surface area contributed by atoms with Gasteiger partial charge in [-0.25, -0.2) is 0 Å². The molecule has 0 N–H and O–H groups in total. The molecule has 0 fully saturated rings. The Morgan fingerprint density at radius 1 is 1.33 bits per heavy atom. The third-order valence-corrected chi connectivity index (χ3v) is 1.71. The lowest BCUT2D eigenvalue weighted by atomic mass is 9.75. The van der Waals surface area contributed by atoms with E-state index in [4.69, 9.17) is 4.65 Å². The highest BCUT2D eigenvalue weighted by atomic mass is 79.9. The lowest BCUT2D eigenvalue weighted by Crippen LogP contribution is -2.04. The molecular formula is C6H12BBrO. The van der Waals surface area contributed by atoms with Gasteiger partial charge < -0.3 is 4.65 Å². The predicted octanol–water partition coefficient (Wildman–Crippen LogP) is 2.90. The van der Waals surface area contributed by atoms with Gasteiger partial charge in [0.15, 0.2) is 0 Å². The minimum absolute atomic E-state index is 0.259. The average Bonchev–Trinajstić information content (AvgIpc) is 1.63. The van der Waals surface area contributed by atoms with Gasteiger partial charge >= 0.3 is 6.92 Å². The van der Waals surface area contributed by atoms with E-state index in [-0.39, 0.29) is 6.92 Å². The maximum absolute atomic E-state index is 5.31. The van der Waals surface area contributed by atoms with Crippen LogP contribution < -0.4 is 0 Å². The van der Waals surface area contributed by atoms with Gasteiger partial charge in [-0.2, -0.15) is 0 Å². The maximum Gasteiger partial charge on any atom is 0.352 e. The first-order chi connectivity index (χ1) is 4.04. The molecule has 3 heteroatoms. The van der Waals surface area contributed by atoms with E-state index in [1.165, 1.54) is 5.57 Å². The fourth-order valence-electron chi connectivity index (χ4n) is 0.325. The van der Waals surface area contributed by atoms with E-state index in [0.29, 0.717) is 0 Å². The second kappa shape index (κ2) is 3.99.